The molecule has 0 saturated carbocycles. The highest BCUT2D eigenvalue weighted by molar-refractivity contribution is 5.48. The summed E-state index contributed by atoms with van der Waals surface area (Å²) in [4.78, 5) is 0. The molecule has 2 aromatic rings. The van der Waals surface area contributed by atoms with Gasteiger partial charge in [-0.3, -0.25) is 0 Å². The lowest BCUT2D eigenvalue weighted by Crippen LogP contribution is -2.03. The number of aryl methyl sites for hydroxylation is 3. The van der Waals surface area contributed by atoms with Crippen molar-refractivity contribution in [3.63, 3.8) is 0 Å². The zero-order chi connectivity index (χ0) is 13.1. The monoisotopic (exact) mass is 243 g/mol. The first-order chi connectivity index (χ1) is 8.56. The molecule has 0 heterocycles. The van der Waals surface area contributed by atoms with Crippen LogP contribution in [-0.2, 0) is 6.54 Å². The first-order valence-corrected chi connectivity index (χ1v) is 6.12. The summed E-state index contributed by atoms with van der Waals surface area (Å²) in [7, 11) is 0. The van der Waals surface area contributed by atoms with Crippen LogP contribution in [-0.4, -0.2) is 0 Å². The maximum Gasteiger partial charge on any atom is 0.146 e. The van der Waals surface area contributed by atoms with E-state index in [0.717, 1.165) is 5.56 Å². The van der Waals surface area contributed by atoms with E-state index < -0.39 is 0 Å². The van der Waals surface area contributed by atoms with Crippen molar-refractivity contribution in [3.05, 3.63) is 64.5 Å². The lowest BCUT2D eigenvalue weighted by atomic mass is 10.1. The van der Waals surface area contributed by atoms with Gasteiger partial charge in [0.25, 0.3) is 0 Å². The zero-order valence-electron chi connectivity index (χ0n) is 11.0. The molecule has 0 radical (unpaired) electrons. The molecular weight excluding hydrogens is 225 g/mol. The molecule has 1 N–H and O–H groups in total. The molecule has 0 bridgehead atoms. The van der Waals surface area contributed by atoms with Crippen LogP contribution in [0.15, 0.2) is 36.4 Å². The Bertz CT molecular complexity index is 510. The highest BCUT2D eigenvalue weighted by Gasteiger charge is 2.03. The Morgan fingerprint density at radius 1 is 0.944 bits per heavy atom. The highest BCUT2D eigenvalue weighted by atomic mass is 19.1. The Hall–Kier alpha value is -1.83. The average Bonchev–Trinajstić information content (AvgIpc) is 2.34. The number of hydrogen-bond donors (Lipinski definition) is 1. The molecule has 0 fully saturated rings. The van der Waals surface area contributed by atoms with Gasteiger partial charge in [0.1, 0.15) is 5.82 Å². The van der Waals surface area contributed by atoms with Crippen molar-refractivity contribution in [1.29, 1.82) is 0 Å². The summed E-state index contributed by atoms with van der Waals surface area (Å²) < 4.78 is 13.6. The van der Waals surface area contributed by atoms with Gasteiger partial charge in [0, 0.05) is 6.54 Å². The number of rotatable bonds is 3. The fourth-order valence-electron chi connectivity index (χ4n) is 1.96. The van der Waals surface area contributed by atoms with Crippen molar-refractivity contribution in [2.45, 2.75) is 27.3 Å². The number of halogens is 1. The van der Waals surface area contributed by atoms with Gasteiger partial charge in [-0.25, -0.2) is 4.39 Å². The average molecular weight is 243 g/mol. The third-order valence-corrected chi connectivity index (χ3v) is 3.10. The van der Waals surface area contributed by atoms with E-state index in [2.05, 4.69) is 37.4 Å². The van der Waals surface area contributed by atoms with Gasteiger partial charge in [-0.2, -0.15) is 0 Å². The second-order valence-electron chi connectivity index (χ2n) is 4.77. The molecule has 0 aliphatic heterocycles. The van der Waals surface area contributed by atoms with Gasteiger partial charge in [-0.15, -0.1) is 0 Å². The molecule has 0 unspecified atom stereocenters. The topological polar surface area (TPSA) is 12.0 Å². The molecule has 18 heavy (non-hydrogen) atoms. The summed E-state index contributed by atoms with van der Waals surface area (Å²) in [6.45, 7) is 6.75. The molecule has 2 rings (SSSR count). The second kappa shape index (κ2) is 5.21. The van der Waals surface area contributed by atoms with E-state index in [9.17, 15) is 4.39 Å². The Morgan fingerprint density at radius 3 is 2.39 bits per heavy atom. The summed E-state index contributed by atoms with van der Waals surface area (Å²) in [5.41, 5.74) is 5.27. The van der Waals surface area contributed by atoms with Crippen LogP contribution in [0.4, 0.5) is 10.1 Å². The molecule has 0 atom stereocenters. The lowest BCUT2D eigenvalue weighted by Gasteiger charge is -2.11. The van der Waals surface area contributed by atoms with Crippen molar-refractivity contribution in [1.82, 2.24) is 0 Å². The third-order valence-electron chi connectivity index (χ3n) is 3.10. The zero-order valence-corrected chi connectivity index (χ0v) is 11.0. The van der Waals surface area contributed by atoms with Gasteiger partial charge in [0.05, 0.1) is 5.69 Å². The fourth-order valence-corrected chi connectivity index (χ4v) is 1.96. The van der Waals surface area contributed by atoms with Crippen molar-refractivity contribution >= 4 is 5.69 Å². The van der Waals surface area contributed by atoms with Gasteiger partial charge < -0.3 is 5.32 Å². The van der Waals surface area contributed by atoms with Gasteiger partial charge in [-0.1, -0.05) is 29.8 Å². The second-order valence-corrected chi connectivity index (χ2v) is 4.77. The largest absolute Gasteiger partial charge is 0.379 e. The number of anilines is 1. The predicted octanol–water partition coefficient (Wildman–Crippen LogP) is 4.36. The van der Waals surface area contributed by atoms with Crippen LogP contribution in [0.2, 0.25) is 0 Å². The minimum absolute atomic E-state index is 0.203. The van der Waals surface area contributed by atoms with Crippen LogP contribution in [0.5, 0.6) is 0 Å². The van der Waals surface area contributed by atoms with E-state index >= 15 is 0 Å². The Labute approximate surface area is 108 Å². The van der Waals surface area contributed by atoms with Gasteiger partial charge in [-0.05, 0) is 49.6 Å². The number of nitrogens with one attached hydrogen (secondary N) is 1. The molecule has 2 heteroatoms. The smallest absolute Gasteiger partial charge is 0.146 e. The molecule has 0 spiro atoms. The summed E-state index contributed by atoms with van der Waals surface area (Å²) >= 11 is 0. The first kappa shape index (κ1) is 12.6. The van der Waals surface area contributed by atoms with E-state index in [1.807, 2.05) is 13.0 Å². The van der Waals surface area contributed by atoms with Crippen molar-refractivity contribution in [3.8, 4) is 0 Å². The standard InChI is InChI=1S/C16H18FN/c1-11-4-6-13(3)14(8-11)10-18-16-9-12(2)5-7-15(16)17/h4-9,18H,10H2,1-3H3. The van der Waals surface area contributed by atoms with Crippen molar-refractivity contribution in [2.24, 2.45) is 0 Å². The first-order valence-electron chi connectivity index (χ1n) is 6.12. The van der Waals surface area contributed by atoms with E-state index in [1.54, 1.807) is 6.07 Å². The van der Waals surface area contributed by atoms with Gasteiger partial charge in [0.2, 0.25) is 0 Å². The van der Waals surface area contributed by atoms with Crippen LogP contribution >= 0.6 is 0 Å². The highest BCUT2D eigenvalue weighted by Crippen LogP contribution is 2.18. The summed E-state index contributed by atoms with van der Waals surface area (Å²) in [5, 5.41) is 3.16. The Kier molecular flexibility index (Phi) is 3.66. The maximum atomic E-state index is 13.6. The number of hydrogen-bond acceptors (Lipinski definition) is 1. The van der Waals surface area contributed by atoms with Crippen molar-refractivity contribution < 1.29 is 4.39 Å². The molecular formula is C16H18FN. The normalized spacial score (nSPS) is 10.4. The van der Waals surface area contributed by atoms with Crippen LogP contribution in [0.1, 0.15) is 22.3 Å². The predicted molar refractivity (Wildman–Crippen MR) is 74.4 cm³/mol. The molecule has 0 saturated heterocycles. The molecule has 94 valence electrons. The lowest BCUT2D eigenvalue weighted by molar-refractivity contribution is 0.629. The van der Waals surface area contributed by atoms with Gasteiger partial charge >= 0.3 is 0 Å². The number of benzene rings is 2. The molecule has 1 nitrogen and oxygen atoms in total. The van der Waals surface area contributed by atoms with E-state index in [4.69, 9.17) is 0 Å². The fraction of sp³-hybridized carbons (Fsp3) is 0.250. The van der Waals surface area contributed by atoms with Crippen LogP contribution in [0.25, 0.3) is 0 Å². The van der Waals surface area contributed by atoms with E-state index in [0.29, 0.717) is 12.2 Å². The molecule has 0 aromatic heterocycles. The molecule has 0 aliphatic rings. The molecule has 2 aromatic carbocycles. The summed E-state index contributed by atoms with van der Waals surface area (Å²) in [6.07, 6.45) is 0. The van der Waals surface area contributed by atoms with E-state index in [-0.39, 0.29) is 5.82 Å². The van der Waals surface area contributed by atoms with Crippen LogP contribution < -0.4 is 5.32 Å². The van der Waals surface area contributed by atoms with Crippen molar-refractivity contribution in [2.75, 3.05) is 5.32 Å². The minimum atomic E-state index is -0.203. The summed E-state index contributed by atoms with van der Waals surface area (Å²) in [5.74, 6) is -0.203. The third kappa shape index (κ3) is 2.89. The van der Waals surface area contributed by atoms with Crippen LogP contribution in [0.3, 0.4) is 0 Å². The Balaban J connectivity index is 2.16. The molecule has 0 aliphatic carbocycles. The van der Waals surface area contributed by atoms with Crippen LogP contribution in [0, 0.1) is 26.6 Å². The Morgan fingerprint density at radius 2 is 1.61 bits per heavy atom. The quantitative estimate of drug-likeness (QED) is 0.844. The summed E-state index contributed by atoms with van der Waals surface area (Å²) in [6, 6.07) is 11.4. The molecule has 0 amide bonds. The minimum Gasteiger partial charge on any atom is -0.379 e. The SMILES string of the molecule is Cc1ccc(C)c(CNc2cc(C)ccc2F)c1. The maximum absolute atomic E-state index is 13.6. The van der Waals surface area contributed by atoms with Gasteiger partial charge in [0.15, 0.2) is 0 Å². The van der Waals surface area contributed by atoms with E-state index in [1.165, 1.54) is 22.8 Å².